The first-order valence-corrected chi connectivity index (χ1v) is 15.6. The number of hydrogen-bond acceptors (Lipinski definition) is 9. The van der Waals surface area contributed by atoms with Crippen molar-refractivity contribution in [3.8, 4) is 0 Å². The van der Waals surface area contributed by atoms with Gasteiger partial charge in [0.15, 0.2) is 0 Å². The molecule has 11 nitrogen and oxygen atoms in total. The van der Waals surface area contributed by atoms with Crippen LogP contribution in [0.1, 0.15) is 16.6 Å². The van der Waals surface area contributed by atoms with Gasteiger partial charge in [-0.3, -0.25) is 23.7 Å². The fourth-order valence-electron chi connectivity index (χ4n) is 4.95. The van der Waals surface area contributed by atoms with Gasteiger partial charge < -0.3 is 9.73 Å². The normalized spacial score (nSPS) is 20.1. The Morgan fingerprint density at radius 1 is 1.02 bits per heavy atom. The van der Waals surface area contributed by atoms with Crippen LogP contribution in [0.3, 0.4) is 0 Å². The monoisotopic (exact) mass is 630 g/mol. The SMILES string of the molecule is NS(=O)(=O)c1ccc(NC(=O)Cn2c3c(sc2=O)[C@H](c2ccco2)C2C(=O)N(c4ccc(Cl)cc4)C(=O)C2S3)cc1. The van der Waals surface area contributed by atoms with E-state index < -0.39 is 49.7 Å². The second-order valence-electron chi connectivity index (χ2n) is 9.29. The van der Waals surface area contributed by atoms with Crippen LogP contribution in [0.5, 0.6) is 0 Å². The lowest BCUT2D eigenvalue weighted by Gasteiger charge is -2.29. The average molecular weight is 631 g/mol. The van der Waals surface area contributed by atoms with Crippen molar-refractivity contribution in [3.05, 3.63) is 92.3 Å². The Labute approximate surface area is 245 Å². The summed E-state index contributed by atoms with van der Waals surface area (Å²) in [6.07, 6.45) is 1.46. The number of nitrogens with zero attached hydrogens (tertiary/aromatic N) is 2. The molecule has 0 radical (unpaired) electrons. The van der Waals surface area contributed by atoms with Gasteiger partial charge in [-0.2, -0.15) is 0 Å². The van der Waals surface area contributed by atoms with Gasteiger partial charge in [0.1, 0.15) is 17.6 Å². The Hall–Kier alpha value is -3.69. The number of furan rings is 1. The predicted molar refractivity (Wildman–Crippen MR) is 153 cm³/mol. The molecule has 3 N–H and O–H groups in total. The summed E-state index contributed by atoms with van der Waals surface area (Å²) in [5.41, 5.74) is 0.682. The number of primary sulfonamides is 1. The molecule has 0 saturated carbocycles. The summed E-state index contributed by atoms with van der Waals surface area (Å²) in [5.74, 6) is -2.54. The largest absolute Gasteiger partial charge is 0.469 e. The van der Waals surface area contributed by atoms with Gasteiger partial charge in [-0.15, -0.1) is 0 Å². The standard InChI is InChI=1S/C26H19ClN4O7S3/c27-13-3-7-15(8-4-13)31-23(33)20-19(17-2-1-11-38-17)22-25(39-21(20)24(31)34)30(26(35)40-22)12-18(32)29-14-5-9-16(10-6-14)41(28,36)37/h1-11,19-21H,12H2,(H,29,32)(H2,28,36,37)/t19-,20?,21?/m1/s1. The highest BCUT2D eigenvalue weighted by atomic mass is 35.5. The number of rotatable bonds is 6. The van der Waals surface area contributed by atoms with Crippen molar-refractivity contribution in [2.24, 2.45) is 11.1 Å². The summed E-state index contributed by atoms with van der Waals surface area (Å²) < 4.78 is 29.9. The highest BCUT2D eigenvalue weighted by Gasteiger charge is 2.57. The number of sulfonamides is 1. The van der Waals surface area contributed by atoms with Crippen LogP contribution in [0.2, 0.25) is 5.02 Å². The highest BCUT2D eigenvalue weighted by Crippen LogP contribution is 2.53. The maximum Gasteiger partial charge on any atom is 0.308 e. The van der Waals surface area contributed by atoms with Crippen LogP contribution in [0.4, 0.5) is 11.4 Å². The summed E-state index contributed by atoms with van der Waals surface area (Å²) in [6, 6.07) is 15.0. The van der Waals surface area contributed by atoms with Crippen LogP contribution in [0.25, 0.3) is 0 Å². The molecule has 4 aromatic rings. The van der Waals surface area contributed by atoms with Gasteiger partial charge in [0.2, 0.25) is 27.7 Å². The second kappa shape index (κ2) is 10.3. The molecule has 3 atom stereocenters. The van der Waals surface area contributed by atoms with Crippen LogP contribution >= 0.6 is 34.7 Å². The fourth-order valence-corrected chi connectivity index (χ4v) is 8.34. The van der Waals surface area contributed by atoms with Gasteiger partial charge in [0.25, 0.3) is 0 Å². The van der Waals surface area contributed by atoms with Gasteiger partial charge in [-0.05, 0) is 60.7 Å². The number of thiazole rings is 1. The van der Waals surface area contributed by atoms with Crippen LogP contribution in [-0.2, 0) is 31.0 Å². The fraction of sp³-hybridized carbons (Fsp3) is 0.154. The first-order valence-electron chi connectivity index (χ1n) is 12.0. The third-order valence-electron chi connectivity index (χ3n) is 6.75. The van der Waals surface area contributed by atoms with E-state index in [2.05, 4.69) is 5.32 Å². The molecule has 0 bridgehead atoms. The number of nitrogens with one attached hydrogen (secondary N) is 1. The molecule has 1 saturated heterocycles. The minimum Gasteiger partial charge on any atom is -0.469 e. The number of halogens is 1. The summed E-state index contributed by atoms with van der Waals surface area (Å²) in [4.78, 5) is 54.6. The van der Waals surface area contributed by atoms with Gasteiger partial charge in [0.05, 0.1) is 38.6 Å². The molecule has 4 heterocycles. The molecule has 3 amide bonds. The molecule has 0 aliphatic carbocycles. The summed E-state index contributed by atoms with van der Waals surface area (Å²) >= 11 is 7.97. The Morgan fingerprint density at radius 2 is 1.73 bits per heavy atom. The number of hydrogen-bond donors (Lipinski definition) is 2. The number of thioether (sulfide) groups is 1. The highest BCUT2D eigenvalue weighted by molar-refractivity contribution is 8.00. The molecular formula is C26H19ClN4O7S3. The number of fused-ring (bicyclic) bond motifs is 2. The number of imide groups is 1. The zero-order valence-electron chi connectivity index (χ0n) is 20.7. The zero-order chi connectivity index (χ0) is 29.1. The average Bonchev–Trinajstić information content (AvgIpc) is 3.62. The number of anilines is 2. The Bertz CT molecular complexity index is 1850. The number of nitrogens with two attached hydrogens (primary N) is 1. The van der Waals surface area contributed by atoms with Crippen molar-refractivity contribution in [2.45, 2.75) is 27.6 Å². The van der Waals surface area contributed by atoms with E-state index >= 15 is 0 Å². The molecule has 2 aromatic carbocycles. The van der Waals surface area contributed by atoms with Gasteiger partial charge >= 0.3 is 4.87 Å². The van der Waals surface area contributed by atoms with Crippen molar-refractivity contribution in [2.75, 3.05) is 10.2 Å². The van der Waals surface area contributed by atoms with E-state index in [0.29, 0.717) is 32.1 Å². The van der Waals surface area contributed by atoms with E-state index in [9.17, 15) is 27.6 Å². The van der Waals surface area contributed by atoms with E-state index in [4.69, 9.17) is 21.2 Å². The number of carbonyl (C=O) groups is 3. The number of carbonyl (C=O) groups excluding carboxylic acids is 3. The Balaban J connectivity index is 1.33. The van der Waals surface area contributed by atoms with E-state index in [-0.39, 0.29) is 11.4 Å². The lowest BCUT2D eigenvalue weighted by atomic mass is 9.87. The second-order valence-corrected chi connectivity index (χ2v) is 13.4. The zero-order valence-corrected chi connectivity index (χ0v) is 23.9. The van der Waals surface area contributed by atoms with Crippen molar-refractivity contribution in [3.63, 3.8) is 0 Å². The van der Waals surface area contributed by atoms with Crippen molar-refractivity contribution < 1.29 is 27.2 Å². The molecule has 2 aliphatic heterocycles. The van der Waals surface area contributed by atoms with Crippen LogP contribution in [0, 0.1) is 5.92 Å². The summed E-state index contributed by atoms with van der Waals surface area (Å²) in [7, 11) is -3.90. The number of benzene rings is 2. The minimum absolute atomic E-state index is 0.114. The molecule has 2 unspecified atom stereocenters. The molecule has 41 heavy (non-hydrogen) atoms. The Morgan fingerprint density at radius 3 is 2.37 bits per heavy atom. The van der Waals surface area contributed by atoms with Crippen molar-refractivity contribution in [1.29, 1.82) is 0 Å². The third kappa shape index (κ3) is 4.91. The molecule has 2 aliphatic rings. The predicted octanol–water partition coefficient (Wildman–Crippen LogP) is 3.24. The van der Waals surface area contributed by atoms with Gasteiger partial charge in [-0.25, -0.2) is 18.5 Å². The lowest BCUT2D eigenvalue weighted by molar-refractivity contribution is -0.122. The summed E-state index contributed by atoms with van der Waals surface area (Å²) in [5, 5.41) is 7.74. The van der Waals surface area contributed by atoms with E-state index in [1.807, 2.05) is 0 Å². The smallest absolute Gasteiger partial charge is 0.308 e. The molecule has 0 spiro atoms. The van der Waals surface area contributed by atoms with Crippen LogP contribution in [-0.4, -0.2) is 36.0 Å². The molecular weight excluding hydrogens is 612 g/mol. The maximum atomic E-state index is 13.7. The van der Waals surface area contributed by atoms with Gasteiger partial charge in [-0.1, -0.05) is 34.7 Å². The first kappa shape index (κ1) is 27.5. The number of aromatic nitrogens is 1. The maximum absolute atomic E-state index is 13.7. The van der Waals surface area contributed by atoms with E-state index in [1.54, 1.807) is 36.4 Å². The molecule has 210 valence electrons. The van der Waals surface area contributed by atoms with Gasteiger partial charge in [0, 0.05) is 10.7 Å². The Kier molecular flexibility index (Phi) is 6.90. The molecule has 15 heteroatoms. The molecule has 6 rings (SSSR count). The van der Waals surface area contributed by atoms with Crippen LogP contribution in [0.15, 0.2) is 86.1 Å². The third-order valence-corrected chi connectivity index (χ3v) is 10.5. The minimum atomic E-state index is -3.90. The quantitative estimate of drug-likeness (QED) is 0.307. The van der Waals surface area contributed by atoms with Crippen LogP contribution < -0.4 is 20.2 Å². The van der Waals surface area contributed by atoms with Crippen molar-refractivity contribution in [1.82, 2.24) is 4.57 Å². The topological polar surface area (TPSA) is 162 Å². The summed E-state index contributed by atoms with van der Waals surface area (Å²) in [6.45, 7) is -0.375. The number of amides is 3. The lowest BCUT2D eigenvalue weighted by Crippen LogP contribution is -2.32. The van der Waals surface area contributed by atoms with Crippen molar-refractivity contribution >= 4 is 73.8 Å². The molecule has 1 fully saturated rings. The molecule has 2 aromatic heterocycles. The van der Waals surface area contributed by atoms with E-state index in [1.165, 1.54) is 35.1 Å². The van der Waals surface area contributed by atoms with E-state index in [0.717, 1.165) is 28.0 Å². The first-order chi connectivity index (χ1) is 19.5.